The van der Waals surface area contributed by atoms with Crippen molar-refractivity contribution in [1.29, 1.82) is 0 Å². The molecule has 10 nitrogen and oxygen atoms in total. The number of carbonyl (C=O) groups is 1. The van der Waals surface area contributed by atoms with E-state index in [2.05, 4.69) is 47.5 Å². The molecule has 0 saturated carbocycles. The highest BCUT2D eigenvalue weighted by molar-refractivity contribution is 7.59. The molecule has 5 aromatic rings. The summed E-state index contributed by atoms with van der Waals surface area (Å²) in [6, 6.07) is 15.6. The largest absolute Gasteiger partial charge is 0.374 e. The van der Waals surface area contributed by atoms with Gasteiger partial charge >= 0.3 is 0 Å². The molecular weight excluding hydrogens is 591 g/mol. The quantitative estimate of drug-likeness (QED) is 0.170. The minimum Gasteiger partial charge on any atom is -0.374 e. The molecule has 0 spiro atoms. The Bertz CT molecular complexity index is 1840. The Kier molecular flexibility index (Phi) is 10.1. The summed E-state index contributed by atoms with van der Waals surface area (Å²) in [7, 11) is 0. The lowest BCUT2D eigenvalue weighted by molar-refractivity contribution is -0.116. The first kappa shape index (κ1) is 32.0. The second-order valence-corrected chi connectivity index (χ2v) is 11.2. The van der Waals surface area contributed by atoms with Crippen LogP contribution in [0.5, 0.6) is 0 Å². The SMILES string of the molecule is C=C(F)C(=O)Cc1ccc2c(-c3ccccc3CNc3nc(NC[C@@H]4CNCCO4)nc4c(C(C)C)cnn34)nccc2c1.S. The zero-order valence-corrected chi connectivity index (χ0v) is 26.3. The predicted octanol–water partition coefficient (Wildman–Crippen LogP) is 5.18. The minimum absolute atomic E-state index is 0. The van der Waals surface area contributed by atoms with Gasteiger partial charge in [0.05, 0.1) is 24.6 Å². The number of Topliss-reactive ketones (excluding diaryl/α,β-unsaturated/α-hetero) is 1. The molecule has 3 aromatic heterocycles. The van der Waals surface area contributed by atoms with Crippen LogP contribution in [0.2, 0.25) is 0 Å². The number of anilines is 2. The molecule has 0 amide bonds. The maximum atomic E-state index is 13.3. The summed E-state index contributed by atoms with van der Waals surface area (Å²) >= 11 is 0. The van der Waals surface area contributed by atoms with Gasteiger partial charge in [-0.3, -0.25) is 9.78 Å². The molecule has 0 radical (unpaired) electrons. The van der Waals surface area contributed by atoms with Gasteiger partial charge in [0.2, 0.25) is 11.9 Å². The van der Waals surface area contributed by atoms with E-state index >= 15 is 0 Å². The third-order valence-corrected chi connectivity index (χ3v) is 7.72. The number of fused-ring (bicyclic) bond motifs is 2. The second kappa shape index (κ2) is 14.1. The summed E-state index contributed by atoms with van der Waals surface area (Å²) in [4.78, 5) is 26.2. The number of morpholine rings is 1. The molecular formula is C33H37FN8O2S. The van der Waals surface area contributed by atoms with Crippen LogP contribution in [0, 0.1) is 0 Å². The zero-order valence-electron chi connectivity index (χ0n) is 25.3. The number of nitrogens with zero attached hydrogens (tertiary/aromatic N) is 5. The van der Waals surface area contributed by atoms with E-state index in [1.165, 1.54) is 0 Å². The normalized spacial score (nSPS) is 14.8. The van der Waals surface area contributed by atoms with E-state index in [9.17, 15) is 9.18 Å². The number of ether oxygens (including phenoxy) is 1. The Morgan fingerprint density at radius 2 is 2.02 bits per heavy atom. The molecule has 3 N–H and O–H groups in total. The number of rotatable bonds is 11. The molecule has 4 heterocycles. The summed E-state index contributed by atoms with van der Waals surface area (Å²) in [5, 5.41) is 16.6. The first-order chi connectivity index (χ1) is 21.4. The van der Waals surface area contributed by atoms with Crippen molar-refractivity contribution in [2.24, 2.45) is 0 Å². The molecule has 0 unspecified atom stereocenters. The highest BCUT2D eigenvalue weighted by Gasteiger charge is 2.18. The van der Waals surface area contributed by atoms with E-state index in [0.717, 1.165) is 57.5 Å². The van der Waals surface area contributed by atoms with Crippen LogP contribution in [0.4, 0.5) is 16.3 Å². The Morgan fingerprint density at radius 1 is 1.18 bits per heavy atom. The van der Waals surface area contributed by atoms with Crippen molar-refractivity contribution in [2.45, 2.75) is 38.8 Å². The van der Waals surface area contributed by atoms with Crippen LogP contribution in [-0.4, -0.2) is 62.7 Å². The summed E-state index contributed by atoms with van der Waals surface area (Å²) in [5.41, 5.74) is 5.28. The van der Waals surface area contributed by atoms with Gasteiger partial charge in [-0.15, -0.1) is 0 Å². The lowest BCUT2D eigenvalue weighted by atomic mass is 9.97. The van der Waals surface area contributed by atoms with Gasteiger partial charge in [0.25, 0.3) is 0 Å². The average Bonchev–Trinajstić information content (AvgIpc) is 3.47. The Labute approximate surface area is 268 Å². The van der Waals surface area contributed by atoms with E-state index in [4.69, 9.17) is 19.7 Å². The lowest BCUT2D eigenvalue weighted by Gasteiger charge is -2.23. The zero-order chi connectivity index (χ0) is 30.6. The Morgan fingerprint density at radius 3 is 2.80 bits per heavy atom. The van der Waals surface area contributed by atoms with Crippen molar-refractivity contribution >= 4 is 47.6 Å². The third kappa shape index (κ3) is 7.14. The fourth-order valence-electron chi connectivity index (χ4n) is 5.36. The molecule has 1 atom stereocenters. The third-order valence-electron chi connectivity index (χ3n) is 7.72. The maximum absolute atomic E-state index is 13.3. The Balaban J connectivity index is 0.00000400. The molecule has 2 aromatic carbocycles. The fraction of sp³-hybridized carbons (Fsp3) is 0.303. The van der Waals surface area contributed by atoms with Crippen LogP contribution < -0.4 is 16.0 Å². The topological polar surface area (TPSA) is 118 Å². The number of nitrogens with one attached hydrogen (secondary N) is 3. The van der Waals surface area contributed by atoms with Crippen molar-refractivity contribution in [1.82, 2.24) is 29.9 Å². The summed E-state index contributed by atoms with van der Waals surface area (Å²) in [6.07, 6.45) is 3.59. The number of carbonyl (C=O) groups excluding carboxylic acids is 1. The van der Waals surface area contributed by atoms with Crippen LogP contribution in [0.1, 0.15) is 36.5 Å². The van der Waals surface area contributed by atoms with Crippen LogP contribution in [-0.2, 0) is 22.5 Å². The van der Waals surface area contributed by atoms with Crippen LogP contribution >= 0.6 is 13.5 Å². The highest BCUT2D eigenvalue weighted by atomic mass is 32.1. The molecule has 45 heavy (non-hydrogen) atoms. The van der Waals surface area contributed by atoms with Gasteiger partial charge in [0, 0.05) is 55.3 Å². The van der Waals surface area contributed by atoms with Gasteiger partial charge in [-0.2, -0.15) is 33.1 Å². The van der Waals surface area contributed by atoms with Crippen LogP contribution in [0.15, 0.2) is 73.3 Å². The molecule has 1 aliphatic rings. The van der Waals surface area contributed by atoms with Crippen molar-refractivity contribution in [3.63, 3.8) is 0 Å². The molecule has 1 saturated heterocycles. The molecule has 234 valence electrons. The number of ketones is 1. The van der Waals surface area contributed by atoms with Crippen LogP contribution in [0.25, 0.3) is 27.7 Å². The Hall–Kier alpha value is -4.39. The molecule has 12 heteroatoms. The minimum atomic E-state index is -0.933. The van der Waals surface area contributed by atoms with E-state index in [0.29, 0.717) is 31.6 Å². The summed E-state index contributed by atoms with van der Waals surface area (Å²) < 4.78 is 20.9. The van der Waals surface area contributed by atoms with Crippen molar-refractivity contribution < 1.29 is 13.9 Å². The molecule has 6 rings (SSSR count). The number of benzene rings is 2. The van der Waals surface area contributed by atoms with E-state index in [-0.39, 0.29) is 31.9 Å². The number of hydrogen-bond donors (Lipinski definition) is 3. The predicted molar refractivity (Wildman–Crippen MR) is 180 cm³/mol. The molecule has 0 bridgehead atoms. The lowest BCUT2D eigenvalue weighted by Crippen LogP contribution is -2.42. The van der Waals surface area contributed by atoms with Gasteiger partial charge in [0.15, 0.2) is 17.3 Å². The smallest absolute Gasteiger partial charge is 0.229 e. The monoisotopic (exact) mass is 628 g/mol. The van der Waals surface area contributed by atoms with Gasteiger partial charge in [-0.25, -0.2) is 4.39 Å². The average molecular weight is 629 g/mol. The first-order valence-electron chi connectivity index (χ1n) is 14.8. The van der Waals surface area contributed by atoms with Gasteiger partial charge < -0.3 is 20.7 Å². The molecule has 1 aliphatic heterocycles. The van der Waals surface area contributed by atoms with Gasteiger partial charge in [0.1, 0.15) is 0 Å². The number of aromatic nitrogens is 5. The number of pyridine rings is 1. The van der Waals surface area contributed by atoms with Gasteiger partial charge in [-0.05, 0) is 28.5 Å². The van der Waals surface area contributed by atoms with Crippen LogP contribution in [0.3, 0.4) is 0 Å². The summed E-state index contributed by atoms with van der Waals surface area (Å²) in [5.74, 6) is -0.245. The number of allylic oxidation sites excluding steroid dienone is 1. The van der Waals surface area contributed by atoms with E-state index in [1.54, 1.807) is 10.7 Å². The van der Waals surface area contributed by atoms with E-state index in [1.807, 2.05) is 48.7 Å². The highest BCUT2D eigenvalue weighted by Crippen LogP contribution is 2.31. The number of hydrogen-bond acceptors (Lipinski definition) is 9. The fourth-order valence-corrected chi connectivity index (χ4v) is 5.36. The maximum Gasteiger partial charge on any atom is 0.229 e. The second-order valence-electron chi connectivity index (χ2n) is 11.2. The first-order valence-corrected chi connectivity index (χ1v) is 14.8. The standard InChI is InChI=1S/C33H35FN8O2.H2S/c1-20(2)28-19-39-42-31(28)40-32(37-18-25-17-35-12-13-44-25)41-33(42)38-16-24-6-4-5-7-26(24)30-27-9-8-22(15-29(43)21(3)34)14-23(27)10-11-36-30;/h4-11,14,19-20,25,35H,3,12-13,15-18H2,1-2H3,(H2,37,38,40,41);1H2/t25-;/m0./s1. The van der Waals surface area contributed by atoms with Gasteiger partial charge in [-0.1, -0.05) is 62.9 Å². The van der Waals surface area contributed by atoms with Crippen molar-refractivity contribution in [3.8, 4) is 11.3 Å². The van der Waals surface area contributed by atoms with Crippen molar-refractivity contribution in [2.75, 3.05) is 36.9 Å². The molecule has 0 aliphatic carbocycles. The molecule has 1 fully saturated rings. The van der Waals surface area contributed by atoms with Crippen molar-refractivity contribution in [3.05, 3.63) is 90.0 Å². The van der Waals surface area contributed by atoms with E-state index < -0.39 is 11.6 Å². The summed E-state index contributed by atoms with van der Waals surface area (Å²) in [6.45, 7) is 10.7. The number of halogens is 1.